The summed E-state index contributed by atoms with van der Waals surface area (Å²) < 4.78 is 49.6. The molecule has 49 heavy (non-hydrogen) atoms. The summed E-state index contributed by atoms with van der Waals surface area (Å²) in [6.45, 7) is 0. The average molecular weight is 628 g/mol. The summed E-state index contributed by atoms with van der Waals surface area (Å²) in [6, 6.07) is 50.5. The molecule has 0 saturated carbocycles. The fourth-order valence-electron chi connectivity index (χ4n) is 7.61. The number of hydrogen-bond acceptors (Lipinski definition) is 1. The minimum Gasteiger partial charge on any atom is -0.456 e. The molecule has 0 unspecified atom stereocenters. The van der Waals surface area contributed by atoms with Crippen molar-refractivity contribution in [3.63, 3.8) is 0 Å². The zero-order chi connectivity index (χ0) is 36.7. The van der Waals surface area contributed by atoms with Gasteiger partial charge in [0.2, 0.25) is 0 Å². The third kappa shape index (κ3) is 4.40. The molecule has 1 aromatic heterocycles. The van der Waals surface area contributed by atoms with E-state index in [-0.39, 0.29) is 29.7 Å². The quantitative estimate of drug-likeness (QED) is 0.177. The van der Waals surface area contributed by atoms with Crippen molar-refractivity contribution in [1.29, 1.82) is 0 Å². The van der Waals surface area contributed by atoms with Gasteiger partial charge in [-0.05, 0) is 107 Å². The van der Waals surface area contributed by atoms with Crippen LogP contribution in [0.5, 0.6) is 0 Å². The molecule has 0 bridgehead atoms. The average Bonchev–Trinajstić information content (AvgIpc) is 3.60. The second-order valence-corrected chi connectivity index (χ2v) is 12.4. The Balaban J connectivity index is 1.27. The van der Waals surface area contributed by atoms with Crippen LogP contribution >= 0.6 is 0 Å². The summed E-state index contributed by atoms with van der Waals surface area (Å²) in [7, 11) is 0. The van der Waals surface area contributed by atoms with E-state index >= 15 is 0 Å². The van der Waals surface area contributed by atoms with Crippen LogP contribution in [0, 0.1) is 0 Å². The van der Waals surface area contributed by atoms with Crippen molar-refractivity contribution in [2.45, 2.75) is 0 Å². The minimum atomic E-state index is -0.403. The normalized spacial score (nSPS) is 13.1. The highest BCUT2D eigenvalue weighted by atomic mass is 16.3. The molecule has 10 rings (SSSR count). The second-order valence-electron chi connectivity index (χ2n) is 12.4. The maximum atomic E-state index is 8.95. The molecule has 0 amide bonds. The molecule has 1 heterocycles. The molecular formula is C48H30O. The molecular weight excluding hydrogens is 593 g/mol. The second kappa shape index (κ2) is 11.1. The van der Waals surface area contributed by atoms with Crippen LogP contribution in [0.15, 0.2) is 186 Å². The SMILES string of the molecule is [2H]c1c([2H])c([2H])c(-c2c3ccccc3c(-c3cc(-c4ccc5oc6cccc(-c7ccccc7)c6c5c4)cc4ccccc34)c3ccccc23)c([2H])c1[2H]. The van der Waals surface area contributed by atoms with Gasteiger partial charge in [0.15, 0.2) is 0 Å². The first kappa shape index (κ1) is 23.0. The van der Waals surface area contributed by atoms with Crippen LogP contribution in [-0.4, -0.2) is 0 Å². The monoisotopic (exact) mass is 627 g/mol. The van der Waals surface area contributed by atoms with E-state index in [4.69, 9.17) is 11.3 Å². The Hall–Kier alpha value is -6.44. The van der Waals surface area contributed by atoms with Gasteiger partial charge in [-0.3, -0.25) is 0 Å². The van der Waals surface area contributed by atoms with Crippen LogP contribution < -0.4 is 0 Å². The molecule has 0 aliphatic rings. The van der Waals surface area contributed by atoms with Gasteiger partial charge in [0, 0.05) is 10.8 Å². The van der Waals surface area contributed by atoms with E-state index in [1.807, 2.05) is 54.6 Å². The van der Waals surface area contributed by atoms with E-state index < -0.39 is 6.04 Å². The van der Waals surface area contributed by atoms with Gasteiger partial charge in [0.1, 0.15) is 11.2 Å². The Kier molecular flexibility index (Phi) is 5.20. The summed E-state index contributed by atoms with van der Waals surface area (Å²) in [5, 5.41) is 7.83. The van der Waals surface area contributed by atoms with E-state index in [0.29, 0.717) is 5.56 Å². The highest BCUT2D eigenvalue weighted by Gasteiger charge is 2.19. The molecule has 0 spiro atoms. The number of furan rings is 1. The van der Waals surface area contributed by atoms with Crippen molar-refractivity contribution in [3.05, 3.63) is 182 Å². The fraction of sp³-hybridized carbons (Fsp3) is 0. The van der Waals surface area contributed by atoms with Crippen molar-refractivity contribution in [1.82, 2.24) is 0 Å². The molecule has 0 saturated heterocycles. The fourth-order valence-corrected chi connectivity index (χ4v) is 7.61. The molecule has 1 heteroatoms. The minimum absolute atomic E-state index is 0.203. The molecule has 0 atom stereocenters. The number of hydrogen-bond donors (Lipinski definition) is 0. The van der Waals surface area contributed by atoms with Crippen LogP contribution in [0.1, 0.15) is 6.85 Å². The first-order chi connectivity index (χ1) is 26.4. The molecule has 228 valence electrons. The van der Waals surface area contributed by atoms with Crippen LogP contribution in [0.4, 0.5) is 0 Å². The van der Waals surface area contributed by atoms with Crippen molar-refractivity contribution in [2.24, 2.45) is 0 Å². The molecule has 0 N–H and O–H groups in total. The third-order valence-corrected chi connectivity index (χ3v) is 9.73. The van der Waals surface area contributed by atoms with Crippen molar-refractivity contribution >= 4 is 54.3 Å². The van der Waals surface area contributed by atoms with E-state index in [9.17, 15) is 0 Å². The lowest BCUT2D eigenvalue weighted by Crippen LogP contribution is -1.92. The highest BCUT2D eigenvalue weighted by Crippen LogP contribution is 2.47. The van der Waals surface area contributed by atoms with E-state index in [0.717, 1.165) is 87.6 Å². The zero-order valence-electron chi connectivity index (χ0n) is 31.3. The van der Waals surface area contributed by atoms with Gasteiger partial charge < -0.3 is 4.42 Å². The molecule has 0 aliphatic carbocycles. The molecule has 1 nitrogen and oxygen atoms in total. The summed E-state index contributed by atoms with van der Waals surface area (Å²) in [6.07, 6.45) is 0. The maximum Gasteiger partial charge on any atom is 0.136 e. The summed E-state index contributed by atoms with van der Waals surface area (Å²) in [4.78, 5) is 0. The maximum absolute atomic E-state index is 8.95. The largest absolute Gasteiger partial charge is 0.456 e. The first-order valence-corrected chi connectivity index (χ1v) is 16.4. The van der Waals surface area contributed by atoms with Gasteiger partial charge in [0.05, 0.1) is 6.85 Å². The highest BCUT2D eigenvalue weighted by molar-refractivity contribution is 6.24. The van der Waals surface area contributed by atoms with Gasteiger partial charge in [0.25, 0.3) is 0 Å². The number of fused-ring (bicyclic) bond motifs is 6. The Morgan fingerprint density at radius 1 is 0.367 bits per heavy atom. The van der Waals surface area contributed by atoms with Crippen LogP contribution in [0.3, 0.4) is 0 Å². The van der Waals surface area contributed by atoms with Gasteiger partial charge in [-0.1, -0.05) is 152 Å². The van der Waals surface area contributed by atoms with Crippen LogP contribution in [-0.2, 0) is 0 Å². The first-order valence-electron chi connectivity index (χ1n) is 18.9. The van der Waals surface area contributed by atoms with Gasteiger partial charge >= 0.3 is 0 Å². The Morgan fingerprint density at radius 3 is 1.76 bits per heavy atom. The Bertz CT molecular complexity index is 3080. The molecule has 0 aliphatic heterocycles. The number of rotatable bonds is 4. The summed E-state index contributed by atoms with van der Waals surface area (Å²) in [5.74, 6) is 0. The lowest BCUT2D eigenvalue weighted by molar-refractivity contribution is 0.669. The Morgan fingerprint density at radius 2 is 1.02 bits per heavy atom. The van der Waals surface area contributed by atoms with E-state index in [1.54, 1.807) is 0 Å². The van der Waals surface area contributed by atoms with Crippen molar-refractivity contribution < 1.29 is 11.3 Å². The van der Waals surface area contributed by atoms with Gasteiger partial charge in [-0.15, -0.1) is 0 Å². The Labute approximate surface area is 291 Å². The summed E-state index contributed by atoms with van der Waals surface area (Å²) in [5.41, 5.74) is 8.96. The smallest absolute Gasteiger partial charge is 0.136 e. The molecule has 0 fully saturated rings. The molecule has 9 aromatic carbocycles. The van der Waals surface area contributed by atoms with Crippen molar-refractivity contribution in [2.75, 3.05) is 0 Å². The lowest BCUT2D eigenvalue weighted by Gasteiger charge is -2.19. The molecule has 10 aromatic rings. The third-order valence-electron chi connectivity index (χ3n) is 9.73. The number of benzene rings is 9. The predicted octanol–water partition coefficient (Wildman–Crippen LogP) is 13.7. The zero-order valence-corrected chi connectivity index (χ0v) is 26.3. The lowest BCUT2D eigenvalue weighted by atomic mass is 9.84. The van der Waals surface area contributed by atoms with Gasteiger partial charge in [-0.25, -0.2) is 0 Å². The summed E-state index contributed by atoms with van der Waals surface area (Å²) >= 11 is 0. The predicted molar refractivity (Wildman–Crippen MR) is 208 cm³/mol. The molecule has 0 radical (unpaired) electrons. The van der Waals surface area contributed by atoms with Gasteiger partial charge in [-0.2, -0.15) is 0 Å². The van der Waals surface area contributed by atoms with E-state index in [1.165, 1.54) is 0 Å². The van der Waals surface area contributed by atoms with E-state index in [2.05, 4.69) is 97.1 Å². The van der Waals surface area contributed by atoms with Crippen molar-refractivity contribution in [3.8, 4) is 44.5 Å². The van der Waals surface area contributed by atoms with Crippen LogP contribution in [0.2, 0.25) is 0 Å². The standard InChI is InChI=1S/C48H30O/c1-3-14-31(15-4-1)37-24-13-25-45-48(37)43-29-33(26-27-44(43)49-45)35-28-34-18-7-8-19-36(34)42(30-35)47-40-22-11-9-20-38(40)46(32-16-5-2-6-17-32)39-21-10-12-23-41(39)47/h1-30H/i2D,5D,6D,16D,17D. The topological polar surface area (TPSA) is 13.1 Å². The van der Waals surface area contributed by atoms with Crippen LogP contribution in [0.25, 0.3) is 98.8 Å².